The molecule has 4 aromatic rings. The summed E-state index contributed by atoms with van der Waals surface area (Å²) in [7, 11) is 1.56. The van der Waals surface area contributed by atoms with Gasteiger partial charge in [-0.2, -0.15) is 0 Å². The Labute approximate surface area is 187 Å². The van der Waals surface area contributed by atoms with Gasteiger partial charge in [0, 0.05) is 34.3 Å². The number of halogens is 2. The summed E-state index contributed by atoms with van der Waals surface area (Å²) in [5.74, 6) is -0.418. The third-order valence-corrected chi connectivity index (χ3v) is 5.47. The van der Waals surface area contributed by atoms with E-state index in [4.69, 9.17) is 9.47 Å². The summed E-state index contributed by atoms with van der Waals surface area (Å²) in [4.78, 5) is 16.9. The van der Waals surface area contributed by atoms with Crippen LogP contribution in [-0.2, 0) is 6.61 Å². The number of aromatic nitrogens is 1. The standard InChI is InChI=1S/C24H18F2N2O3S/c1-30-20-4-2-3-18(12-20)27-23(29)22-14-32-24(28-22)15-6-9-19(10-7-15)31-13-16-5-8-17(25)11-21(16)26/h2-12,14H,13H2,1H3,(H,27,29). The lowest BCUT2D eigenvalue weighted by molar-refractivity contribution is 0.102. The Morgan fingerprint density at radius 3 is 2.59 bits per heavy atom. The average Bonchev–Trinajstić information content (AvgIpc) is 3.29. The molecule has 0 unspecified atom stereocenters. The van der Waals surface area contributed by atoms with Crippen molar-refractivity contribution in [2.45, 2.75) is 6.61 Å². The van der Waals surface area contributed by atoms with E-state index in [1.165, 1.54) is 23.5 Å². The van der Waals surface area contributed by atoms with Crippen molar-refractivity contribution < 1.29 is 23.0 Å². The van der Waals surface area contributed by atoms with E-state index in [0.717, 1.165) is 11.6 Å². The van der Waals surface area contributed by atoms with Gasteiger partial charge < -0.3 is 14.8 Å². The maximum absolute atomic E-state index is 13.7. The van der Waals surface area contributed by atoms with Gasteiger partial charge in [-0.05, 0) is 48.5 Å². The summed E-state index contributed by atoms with van der Waals surface area (Å²) in [6.07, 6.45) is 0. The number of carbonyl (C=O) groups excluding carboxylic acids is 1. The van der Waals surface area contributed by atoms with Gasteiger partial charge >= 0.3 is 0 Å². The minimum atomic E-state index is -0.649. The van der Waals surface area contributed by atoms with Crippen molar-refractivity contribution in [2.75, 3.05) is 12.4 Å². The third kappa shape index (κ3) is 5.09. The molecule has 162 valence electrons. The average molecular weight is 452 g/mol. The molecule has 1 heterocycles. The number of ether oxygens (including phenoxy) is 2. The van der Waals surface area contributed by atoms with Crippen molar-refractivity contribution in [1.82, 2.24) is 4.98 Å². The smallest absolute Gasteiger partial charge is 0.275 e. The summed E-state index contributed by atoms with van der Waals surface area (Å²) in [6.45, 7) is -0.0166. The fourth-order valence-corrected chi connectivity index (χ4v) is 3.71. The number of methoxy groups -OCH3 is 1. The van der Waals surface area contributed by atoms with Gasteiger partial charge in [-0.15, -0.1) is 11.3 Å². The largest absolute Gasteiger partial charge is 0.497 e. The molecule has 0 spiro atoms. The SMILES string of the molecule is COc1cccc(NC(=O)c2csc(-c3ccc(OCc4ccc(F)cc4F)cc3)n2)c1. The molecule has 4 rings (SSSR count). The van der Waals surface area contributed by atoms with Crippen molar-refractivity contribution in [2.24, 2.45) is 0 Å². The van der Waals surface area contributed by atoms with E-state index in [9.17, 15) is 13.6 Å². The maximum atomic E-state index is 13.7. The number of nitrogens with one attached hydrogen (secondary N) is 1. The molecule has 32 heavy (non-hydrogen) atoms. The van der Waals surface area contributed by atoms with E-state index in [0.29, 0.717) is 27.9 Å². The fourth-order valence-electron chi connectivity index (χ4n) is 2.90. The van der Waals surface area contributed by atoms with Crippen LogP contribution in [0, 0.1) is 11.6 Å². The molecule has 8 heteroatoms. The highest BCUT2D eigenvalue weighted by atomic mass is 32.1. The van der Waals surface area contributed by atoms with Crippen LogP contribution in [0.1, 0.15) is 16.1 Å². The van der Waals surface area contributed by atoms with E-state index >= 15 is 0 Å². The number of carbonyl (C=O) groups is 1. The molecule has 5 nitrogen and oxygen atoms in total. The Balaban J connectivity index is 1.39. The number of rotatable bonds is 7. The van der Waals surface area contributed by atoms with E-state index in [1.54, 1.807) is 61.0 Å². The van der Waals surface area contributed by atoms with Crippen molar-refractivity contribution in [1.29, 1.82) is 0 Å². The van der Waals surface area contributed by atoms with Gasteiger partial charge in [0.25, 0.3) is 5.91 Å². The number of hydrogen-bond donors (Lipinski definition) is 1. The molecule has 0 aliphatic rings. The van der Waals surface area contributed by atoms with Crippen LogP contribution in [0.2, 0.25) is 0 Å². The molecule has 1 amide bonds. The van der Waals surface area contributed by atoms with Crippen LogP contribution in [0.5, 0.6) is 11.5 Å². The summed E-state index contributed by atoms with van der Waals surface area (Å²) in [5.41, 5.74) is 2.00. The van der Waals surface area contributed by atoms with Crippen molar-refractivity contribution in [3.63, 3.8) is 0 Å². The zero-order valence-electron chi connectivity index (χ0n) is 17.0. The Kier molecular flexibility index (Phi) is 6.42. The lowest BCUT2D eigenvalue weighted by atomic mass is 10.2. The minimum absolute atomic E-state index is 0.0166. The highest BCUT2D eigenvalue weighted by Gasteiger charge is 2.13. The summed E-state index contributed by atoms with van der Waals surface area (Å²) in [6, 6.07) is 17.5. The minimum Gasteiger partial charge on any atom is -0.497 e. The molecule has 0 atom stereocenters. The van der Waals surface area contributed by atoms with Gasteiger partial charge in [-0.25, -0.2) is 13.8 Å². The lowest BCUT2D eigenvalue weighted by Gasteiger charge is -2.08. The van der Waals surface area contributed by atoms with Gasteiger partial charge in [-0.1, -0.05) is 6.07 Å². The molecule has 0 saturated carbocycles. The normalized spacial score (nSPS) is 10.6. The van der Waals surface area contributed by atoms with Crippen LogP contribution in [0.15, 0.2) is 72.1 Å². The summed E-state index contributed by atoms with van der Waals surface area (Å²) < 4.78 is 37.4. The molecule has 0 aliphatic heterocycles. The first kappa shape index (κ1) is 21.5. The van der Waals surface area contributed by atoms with E-state index in [2.05, 4.69) is 10.3 Å². The number of nitrogens with zero attached hydrogens (tertiary/aromatic N) is 1. The van der Waals surface area contributed by atoms with E-state index in [1.807, 2.05) is 0 Å². The van der Waals surface area contributed by atoms with Crippen LogP contribution in [-0.4, -0.2) is 18.0 Å². The second-order valence-corrected chi connectivity index (χ2v) is 7.63. The number of amides is 1. The molecule has 1 aromatic heterocycles. The number of anilines is 1. The Hall–Kier alpha value is -3.78. The first-order valence-electron chi connectivity index (χ1n) is 9.60. The monoisotopic (exact) mass is 452 g/mol. The van der Waals surface area contributed by atoms with Gasteiger partial charge in [0.2, 0.25) is 0 Å². The number of benzene rings is 3. The Morgan fingerprint density at radius 1 is 1.03 bits per heavy atom. The molecular formula is C24H18F2N2O3S. The van der Waals surface area contributed by atoms with Crippen molar-refractivity contribution in [3.8, 4) is 22.1 Å². The van der Waals surface area contributed by atoms with Crippen LogP contribution in [0.3, 0.4) is 0 Å². The van der Waals surface area contributed by atoms with E-state index < -0.39 is 11.6 Å². The Bertz CT molecular complexity index is 1240. The predicted octanol–water partition coefficient (Wildman–Crippen LogP) is 5.93. The predicted molar refractivity (Wildman–Crippen MR) is 119 cm³/mol. The molecule has 3 aromatic carbocycles. The van der Waals surface area contributed by atoms with Crippen molar-refractivity contribution >= 4 is 22.9 Å². The van der Waals surface area contributed by atoms with Crippen molar-refractivity contribution in [3.05, 3.63) is 95.0 Å². The van der Waals surface area contributed by atoms with Gasteiger partial charge in [-0.3, -0.25) is 4.79 Å². The quantitative estimate of drug-likeness (QED) is 0.378. The van der Waals surface area contributed by atoms with Gasteiger partial charge in [0.1, 0.15) is 40.4 Å². The topological polar surface area (TPSA) is 60.5 Å². The molecule has 0 saturated heterocycles. The molecule has 1 N–H and O–H groups in total. The highest BCUT2D eigenvalue weighted by molar-refractivity contribution is 7.13. The molecule has 0 aliphatic carbocycles. The highest BCUT2D eigenvalue weighted by Crippen LogP contribution is 2.27. The van der Waals surface area contributed by atoms with Gasteiger partial charge in [0.05, 0.1) is 7.11 Å². The molecular weight excluding hydrogens is 434 g/mol. The Morgan fingerprint density at radius 2 is 1.84 bits per heavy atom. The molecule has 0 radical (unpaired) electrons. The second kappa shape index (κ2) is 9.57. The van der Waals surface area contributed by atoms with E-state index in [-0.39, 0.29) is 18.1 Å². The molecule has 0 fully saturated rings. The van der Waals surface area contributed by atoms with Gasteiger partial charge in [0.15, 0.2) is 0 Å². The zero-order valence-corrected chi connectivity index (χ0v) is 17.8. The summed E-state index contributed by atoms with van der Waals surface area (Å²) >= 11 is 1.35. The zero-order chi connectivity index (χ0) is 22.5. The number of thiazole rings is 1. The first-order chi connectivity index (χ1) is 15.5. The van der Waals surface area contributed by atoms with Crippen LogP contribution >= 0.6 is 11.3 Å². The van der Waals surface area contributed by atoms with Crippen LogP contribution in [0.4, 0.5) is 14.5 Å². The maximum Gasteiger partial charge on any atom is 0.275 e. The fraction of sp³-hybridized carbons (Fsp3) is 0.0833. The first-order valence-corrected chi connectivity index (χ1v) is 10.5. The van der Waals surface area contributed by atoms with Crippen LogP contribution in [0.25, 0.3) is 10.6 Å². The lowest BCUT2D eigenvalue weighted by Crippen LogP contribution is -2.12. The van der Waals surface area contributed by atoms with Crippen LogP contribution < -0.4 is 14.8 Å². The third-order valence-electron chi connectivity index (χ3n) is 4.58. The molecule has 0 bridgehead atoms. The summed E-state index contributed by atoms with van der Waals surface area (Å²) in [5, 5.41) is 5.16. The number of hydrogen-bond acceptors (Lipinski definition) is 5. The second-order valence-electron chi connectivity index (χ2n) is 6.77.